The monoisotopic (exact) mass is 735 g/mol. The van der Waals surface area contributed by atoms with Crippen molar-refractivity contribution < 1.29 is 32.2 Å². The van der Waals surface area contributed by atoms with Crippen LogP contribution in [0.15, 0.2) is 93.3 Å². The van der Waals surface area contributed by atoms with Gasteiger partial charge in [0.1, 0.15) is 13.2 Å². The van der Waals surface area contributed by atoms with Crippen molar-refractivity contribution >= 4 is 67.0 Å². The van der Waals surface area contributed by atoms with Crippen LogP contribution in [-0.4, -0.2) is 48.4 Å². The number of benzene rings is 4. The molecule has 0 unspecified atom stereocenters. The van der Waals surface area contributed by atoms with E-state index in [4.69, 9.17) is 42.1 Å². The second kappa shape index (κ2) is 15.3. The predicted octanol–water partition coefficient (Wildman–Crippen LogP) is 6.71. The number of halogens is 3. The lowest BCUT2D eigenvalue weighted by Gasteiger charge is -2.24. The summed E-state index contributed by atoms with van der Waals surface area (Å²) >= 11 is 15.6. The Labute approximate surface area is 279 Å². The molecule has 0 radical (unpaired) electrons. The number of rotatable bonds is 13. The average molecular weight is 737 g/mol. The van der Waals surface area contributed by atoms with E-state index in [0.29, 0.717) is 43.1 Å². The molecular weight excluding hydrogens is 709 g/mol. The first-order valence-corrected chi connectivity index (χ1v) is 16.1. The Morgan fingerprint density at radius 3 is 2.27 bits per heavy atom. The van der Waals surface area contributed by atoms with Crippen LogP contribution in [0.5, 0.6) is 23.0 Å². The summed E-state index contributed by atoms with van der Waals surface area (Å²) in [6.07, 6.45) is 1.39. The van der Waals surface area contributed by atoms with E-state index in [1.165, 1.54) is 51.8 Å². The summed E-state index contributed by atoms with van der Waals surface area (Å²) in [5, 5.41) is 4.89. The van der Waals surface area contributed by atoms with Crippen molar-refractivity contribution in [1.82, 2.24) is 5.43 Å². The van der Waals surface area contributed by atoms with Gasteiger partial charge in [0.05, 0.1) is 52.6 Å². The molecule has 0 heterocycles. The molecule has 236 valence electrons. The predicted molar refractivity (Wildman–Crippen MR) is 178 cm³/mol. The van der Waals surface area contributed by atoms with Crippen LogP contribution in [0.1, 0.15) is 11.1 Å². The van der Waals surface area contributed by atoms with Crippen LogP contribution in [-0.2, 0) is 21.4 Å². The number of ether oxygens (including phenoxy) is 4. The topological polar surface area (TPSA) is 116 Å². The van der Waals surface area contributed by atoms with Crippen molar-refractivity contribution in [3.63, 3.8) is 0 Å². The minimum absolute atomic E-state index is 0.00880. The first-order valence-electron chi connectivity index (χ1n) is 13.1. The van der Waals surface area contributed by atoms with Crippen LogP contribution >= 0.6 is 39.1 Å². The summed E-state index contributed by atoms with van der Waals surface area (Å²) in [7, 11) is 0.243. The molecule has 4 aromatic carbocycles. The molecule has 1 amide bonds. The van der Waals surface area contributed by atoms with Crippen molar-refractivity contribution in [3.05, 3.63) is 105 Å². The van der Waals surface area contributed by atoms with Crippen molar-refractivity contribution in [2.45, 2.75) is 11.5 Å². The molecule has 0 aliphatic rings. The Morgan fingerprint density at radius 1 is 0.889 bits per heavy atom. The zero-order valence-corrected chi connectivity index (χ0v) is 28.2. The molecule has 10 nitrogen and oxygen atoms in total. The highest BCUT2D eigenvalue weighted by atomic mass is 79.9. The minimum Gasteiger partial charge on any atom is -0.493 e. The van der Waals surface area contributed by atoms with Gasteiger partial charge in [0, 0.05) is 6.07 Å². The highest BCUT2D eigenvalue weighted by Gasteiger charge is 2.28. The van der Waals surface area contributed by atoms with Crippen LogP contribution < -0.4 is 28.7 Å². The highest BCUT2D eigenvalue weighted by molar-refractivity contribution is 9.10. The van der Waals surface area contributed by atoms with Gasteiger partial charge in [-0.05, 0) is 75.6 Å². The van der Waals surface area contributed by atoms with Gasteiger partial charge in [0.15, 0.2) is 23.0 Å². The fourth-order valence-electron chi connectivity index (χ4n) is 4.10. The van der Waals surface area contributed by atoms with Crippen LogP contribution in [0, 0.1) is 0 Å². The molecule has 0 spiro atoms. The number of sulfonamides is 1. The summed E-state index contributed by atoms with van der Waals surface area (Å²) in [6, 6.07) is 20.9. The summed E-state index contributed by atoms with van der Waals surface area (Å²) in [5.74, 6) is 0.866. The maximum atomic E-state index is 13.6. The molecule has 0 saturated heterocycles. The number of amides is 1. The van der Waals surface area contributed by atoms with Gasteiger partial charge in [0.25, 0.3) is 15.9 Å². The first-order chi connectivity index (χ1) is 21.6. The van der Waals surface area contributed by atoms with Crippen molar-refractivity contribution in [2.75, 3.05) is 32.2 Å². The Bertz CT molecular complexity index is 1810. The van der Waals surface area contributed by atoms with Gasteiger partial charge in [-0.15, -0.1) is 0 Å². The third-order valence-electron chi connectivity index (χ3n) is 6.30. The van der Waals surface area contributed by atoms with Gasteiger partial charge in [-0.25, -0.2) is 13.8 Å². The quantitative estimate of drug-likeness (QED) is 0.120. The molecule has 0 aliphatic heterocycles. The molecule has 45 heavy (non-hydrogen) atoms. The third kappa shape index (κ3) is 8.40. The fraction of sp³-hybridized carbons (Fsp3) is 0.161. The van der Waals surface area contributed by atoms with E-state index in [-0.39, 0.29) is 17.2 Å². The zero-order valence-electron chi connectivity index (χ0n) is 24.3. The van der Waals surface area contributed by atoms with Gasteiger partial charge in [0.2, 0.25) is 0 Å². The van der Waals surface area contributed by atoms with E-state index in [0.717, 1.165) is 9.87 Å². The van der Waals surface area contributed by atoms with Gasteiger partial charge in [-0.2, -0.15) is 5.10 Å². The van der Waals surface area contributed by atoms with E-state index in [2.05, 4.69) is 26.5 Å². The number of nitrogens with zero attached hydrogens (tertiary/aromatic N) is 2. The van der Waals surface area contributed by atoms with Crippen molar-refractivity contribution in [1.29, 1.82) is 0 Å². The maximum absolute atomic E-state index is 13.6. The fourth-order valence-corrected chi connectivity index (χ4v) is 6.43. The van der Waals surface area contributed by atoms with Gasteiger partial charge in [-0.1, -0.05) is 47.5 Å². The zero-order chi connectivity index (χ0) is 32.6. The number of hydrogen-bond donors (Lipinski definition) is 1. The molecule has 0 fully saturated rings. The Balaban J connectivity index is 1.51. The minimum atomic E-state index is -4.15. The molecule has 0 atom stereocenters. The summed E-state index contributed by atoms with van der Waals surface area (Å²) in [6.45, 7) is -0.365. The number of hydrazone groups is 1. The number of carbonyl (C=O) groups excluding carboxylic acids is 1. The maximum Gasteiger partial charge on any atom is 0.264 e. The molecule has 4 aromatic rings. The SMILES string of the molecule is COc1ccc(N(CC(=O)N/N=C\c2cc(Br)c(OCc3ccc(Cl)c(Cl)c3)c(OC)c2)S(=O)(=O)c2ccccc2)cc1OC. The molecule has 4 rings (SSSR count). The Morgan fingerprint density at radius 2 is 1.60 bits per heavy atom. The van der Waals surface area contributed by atoms with E-state index in [9.17, 15) is 13.2 Å². The Kier molecular flexibility index (Phi) is 11.6. The van der Waals surface area contributed by atoms with Crippen LogP contribution in [0.4, 0.5) is 5.69 Å². The summed E-state index contributed by atoms with van der Waals surface area (Å²) in [4.78, 5) is 13.0. The lowest BCUT2D eigenvalue weighted by molar-refractivity contribution is -0.119. The van der Waals surface area contributed by atoms with E-state index < -0.39 is 22.5 Å². The van der Waals surface area contributed by atoms with Crippen LogP contribution in [0.3, 0.4) is 0 Å². The number of carbonyl (C=O) groups is 1. The smallest absolute Gasteiger partial charge is 0.264 e. The van der Waals surface area contributed by atoms with E-state index in [1.54, 1.807) is 54.6 Å². The van der Waals surface area contributed by atoms with Crippen molar-refractivity contribution in [3.8, 4) is 23.0 Å². The molecule has 0 bridgehead atoms. The lowest BCUT2D eigenvalue weighted by atomic mass is 10.2. The van der Waals surface area contributed by atoms with Gasteiger partial charge < -0.3 is 18.9 Å². The van der Waals surface area contributed by atoms with Crippen LogP contribution in [0.25, 0.3) is 0 Å². The normalized spacial score (nSPS) is 11.2. The lowest BCUT2D eigenvalue weighted by Crippen LogP contribution is -2.39. The van der Waals surface area contributed by atoms with Gasteiger partial charge in [-0.3, -0.25) is 9.10 Å². The van der Waals surface area contributed by atoms with Crippen molar-refractivity contribution in [2.24, 2.45) is 5.10 Å². The number of methoxy groups -OCH3 is 3. The molecule has 0 aliphatic carbocycles. The summed E-state index contributed by atoms with van der Waals surface area (Å²) in [5.41, 5.74) is 3.96. The molecule has 0 saturated carbocycles. The summed E-state index contributed by atoms with van der Waals surface area (Å²) < 4.78 is 50.9. The Hall–Kier alpha value is -3.97. The average Bonchev–Trinajstić information content (AvgIpc) is 3.04. The largest absolute Gasteiger partial charge is 0.493 e. The van der Waals surface area contributed by atoms with Crippen LogP contribution in [0.2, 0.25) is 10.0 Å². The molecule has 14 heteroatoms. The number of nitrogens with one attached hydrogen (secondary N) is 1. The second-order valence-electron chi connectivity index (χ2n) is 9.23. The molecular formula is C31H28BrCl2N3O7S. The second-order valence-corrected chi connectivity index (χ2v) is 12.8. The number of anilines is 1. The van der Waals surface area contributed by atoms with Gasteiger partial charge >= 0.3 is 0 Å². The standard InChI is InChI=1S/C31H28BrCl2N3O7S/c1-41-27-12-10-22(16-28(27)42-2)37(45(39,40)23-7-5-4-6-8-23)18-30(38)36-35-17-21-13-24(32)31(29(15-21)43-3)44-19-20-9-11-25(33)26(34)14-20/h4-17H,18-19H2,1-3H3,(H,36,38)/b35-17-. The number of hydrogen-bond acceptors (Lipinski definition) is 8. The third-order valence-corrected chi connectivity index (χ3v) is 9.41. The first kappa shape index (κ1) is 33.9. The molecule has 1 N–H and O–H groups in total. The highest BCUT2D eigenvalue weighted by Crippen LogP contribution is 2.37. The van der Waals surface area contributed by atoms with E-state index >= 15 is 0 Å². The van der Waals surface area contributed by atoms with E-state index in [1.807, 2.05) is 0 Å². The molecule has 0 aromatic heterocycles.